The maximum absolute atomic E-state index is 13.0. The first-order valence-electron chi connectivity index (χ1n) is 9.89. The molecule has 0 aliphatic carbocycles. The maximum atomic E-state index is 13.0. The molecule has 3 aromatic carbocycles. The van der Waals surface area contributed by atoms with E-state index in [0.29, 0.717) is 27.6 Å². The minimum absolute atomic E-state index is 0.0386. The number of hydrogen-bond donors (Lipinski definition) is 1. The zero-order valence-electron chi connectivity index (χ0n) is 18.3. The van der Waals surface area contributed by atoms with Crippen molar-refractivity contribution in [1.82, 2.24) is 4.31 Å². The molecule has 1 amide bonds. The normalized spacial score (nSPS) is 11.4. The summed E-state index contributed by atoms with van der Waals surface area (Å²) in [5.74, 6) is 0.156. The van der Waals surface area contributed by atoms with Crippen LogP contribution in [0.5, 0.6) is 5.75 Å². The number of ether oxygens (including phenoxy) is 1. The van der Waals surface area contributed by atoms with Gasteiger partial charge in [0.05, 0.1) is 12.0 Å². The number of benzene rings is 3. The molecule has 0 radical (unpaired) electrons. The molecule has 0 aliphatic rings. The van der Waals surface area contributed by atoms with E-state index in [2.05, 4.69) is 5.32 Å². The third-order valence-corrected chi connectivity index (χ3v) is 7.32. The number of carbonyl (C=O) groups is 1. The van der Waals surface area contributed by atoms with Gasteiger partial charge in [0.25, 0.3) is 5.91 Å². The van der Waals surface area contributed by atoms with Crippen molar-refractivity contribution in [3.8, 4) is 5.75 Å². The van der Waals surface area contributed by atoms with Crippen molar-refractivity contribution in [2.75, 3.05) is 19.5 Å². The molecule has 0 bridgehead atoms. The third-order valence-electron chi connectivity index (χ3n) is 5.09. The number of sulfonamides is 1. The number of anilines is 1. The van der Waals surface area contributed by atoms with Crippen LogP contribution in [-0.4, -0.2) is 32.8 Å². The van der Waals surface area contributed by atoms with Gasteiger partial charge in [0.15, 0.2) is 0 Å². The molecule has 0 spiro atoms. The standard InChI is InChI=1S/C24H25ClN2O4S/c1-16-5-10-21(11-6-16)32(29,30)27(3)15-19-13-18(8-12-23(19)31-4)24(28)26-20-9-7-17(2)22(25)14-20/h5-14H,15H2,1-4H3,(H,26,28). The largest absolute Gasteiger partial charge is 0.496 e. The molecule has 168 valence electrons. The molecular weight excluding hydrogens is 448 g/mol. The molecule has 0 atom stereocenters. The summed E-state index contributed by atoms with van der Waals surface area (Å²) in [6.07, 6.45) is 0. The first-order chi connectivity index (χ1) is 15.1. The molecule has 0 saturated heterocycles. The molecule has 0 saturated carbocycles. The Kier molecular flexibility index (Phi) is 7.23. The third kappa shape index (κ3) is 5.30. The fourth-order valence-corrected chi connectivity index (χ4v) is 4.46. The number of nitrogens with one attached hydrogen (secondary N) is 1. The number of carbonyl (C=O) groups excluding carboxylic acids is 1. The maximum Gasteiger partial charge on any atom is 0.255 e. The van der Waals surface area contributed by atoms with E-state index in [0.717, 1.165) is 11.1 Å². The summed E-state index contributed by atoms with van der Waals surface area (Å²) in [5.41, 5.74) is 3.40. The van der Waals surface area contributed by atoms with Gasteiger partial charge >= 0.3 is 0 Å². The summed E-state index contributed by atoms with van der Waals surface area (Å²) in [5, 5.41) is 3.37. The Bertz CT molecular complexity index is 1240. The highest BCUT2D eigenvalue weighted by Crippen LogP contribution is 2.26. The van der Waals surface area contributed by atoms with Crippen molar-refractivity contribution >= 4 is 33.2 Å². The zero-order chi connectivity index (χ0) is 23.5. The molecule has 3 rings (SSSR count). The summed E-state index contributed by atoms with van der Waals surface area (Å²) in [6, 6.07) is 16.8. The van der Waals surface area contributed by atoms with Crippen molar-refractivity contribution in [2.45, 2.75) is 25.3 Å². The lowest BCUT2D eigenvalue weighted by Gasteiger charge is -2.19. The lowest BCUT2D eigenvalue weighted by Crippen LogP contribution is -2.27. The highest BCUT2D eigenvalue weighted by atomic mass is 35.5. The SMILES string of the molecule is COc1ccc(C(=O)Nc2ccc(C)c(Cl)c2)cc1CN(C)S(=O)(=O)c1ccc(C)cc1. The van der Waals surface area contributed by atoms with Gasteiger partial charge in [0.2, 0.25) is 10.0 Å². The lowest BCUT2D eigenvalue weighted by molar-refractivity contribution is 0.102. The molecule has 6 nitrogen and oxygen atoms in total. The Labute approximate surface area is 193 Å². The lowest BCUT2D eigenvalue weighted by atomic mass is 10.1. The van der Waals surface area contributed by atoms with Crippen LogP contribution in [0.1, 0.15) is 27.0 Å². The Balaban J connectivity index is 1.84. The number of nitrogens with zero attached hydrogens (tertiary/aromatic N) is 1. The molecule has 0 unspecified atom stereocenters. The van der Waals surface area contributed by atoms with E-state index in [9.17, 15) is 13.2 Å². The molecule has 0 aliphatic heterocycles. The number of rotatable bonds is 7. The second kappa shape index (κ2) is 9.73. The number of aryl methyl sites for hydroxylation is 2. The van der Waals surface area contributed by atoms with Gasteiger partial charge in [-0.25, -0.2) is 8.42 Å². The zero-order valence-corrected chi connectivity index (χ0v) is 19.9. The monoisotopic (exact) mass is 472 g/mol. The molecule has 1 N–H and O–H groups in total. The molecule has 32 heavy (non-hydrogen) atoms. The molecule has 0 fully saturated rings. The van der Waals surface area contributed by atoms with Crippen molar-refractivity contribution in [3.05, 3.63) is 87.9 Å². The fraction of sp³-hybridized carbons (Fsp3) is 0.208. The Hall–Kier alpha value is -2.87. The van der Waals surface area contributed by atoms with Crippen LogP contribution in [0, 0.1) is 13.8 Å². The molecule has 8 heteroatoms. The van der Waals surface area contributed by atoms with Crippen LogP contribution in [0.25, 0.3) is 0 Å². The number of amides is 1. The van der Waals surface area contributed by atoms with Gasteiger partial charge < -0.3 is 10.1 Å². The molecule has 0 aromatic heterocycles. The van der Waals surface area contributed by atoms with Crippen LogP contribution in [0.2, 0.25) is 5.02 Å². The van der Waals surface area contributed by atoms with E-state index < -0.39 is 10.0 Å². The predicted octanol–water partition coefficient (Wildman–Crippen LogP) is 5.04. The summed E-state index contributed by atoms with van der Waals surface area (Å²) < 4.78 is 32.5. The van der Waals surface area contributed by atoms with Crippen molar-refractivity contribution in [3.63, 3.8) is 0 Å². The van der Waals surface area contributed by atoms with E-state index in [1.807, 2.05) is 19.9 Å². The van der Waals surface area contributed by atoms with Gasteiger partial charge in [-0.05, 0) is 61.9 Å². The minimum Gasteiger partial charge on any atom is -0.496 e. The Morgan fingerprint density at radius 1 is 1.03 bits per heavy atom. The minimum atomic E-state index is -3.71. The first-order valence-corrected chi connectivity index (χ1v) is 11.7. The van der Waals surface area contributed by atoms with Crippen LogP contribution in [0.4, 0.5) is 5.69 Å². The Morgan fingerprint density at radius 2 is 1.72 bits per heavy atom. The molecular formula is C24H25ClN2O4S. The topological polar surface area (TPSA) is 75.7 Å². The average Bonchev–Trinajstić information content (AvgIpc) is 2.76. The molecule has 3 aromatic rings. The summed E-state index contributed by atoms with van der Waals surface area (Å²) in [6.45, 7) is 3.81. The second-order valence-corrected chi connectivity index (χ2v) is 9.97. The van der Waals surface area contributed by atoms with Gasteiger partial charge in [-0.2, -0.15) is 4.31 Å². The van der Waals surface area contributed by atoms with Crippen molar-refractivity contribution in [2.24, 2.45) is 0 Å². The number of methoxy groups -OCH3 is 1. The van der Waals surface area contributed by atoms with Crippen LogP contribution < -0.4 is 10.1 Å². The van der Waals surface area contributed by atoms with Gasteiger partial charge in [-0.1, -0.05) is 35.4 Å². The first kappa shape index (κ1) is 23.8. The highest BCUT2D eigenvalue weighted by Gasteiger charge is 2.22. The van der Waals surface area contributed by atoms with Crippen molar-refractivity contribution in [1.29, 1.82) is 0 Å². The van der Waals surface area contributed by atoms with Crippen molar-refractivity contribution < 1.29 is 17.9 Å². The van der Waals surface area contributed by atoms with Crippen LogP contribution >= 0.6 is 11.6 Å². The van der Waals surface area contributed by atoms with Crippen LogP contribution in [0.3, 0.4) is 0 Å². The Morgan fingerprint density at radius 3 is 2.34 bits per heavy atom. The summed E-state index contributed by atoms with van der Waals surface area (Å²) in [4.78, 5) is 13.0. The van der Waals surface area contributed by atoms with Gasteiger partial charge in [-0.15, -0.1) is 0 Å². The van der Waals surface area contributed by atoms with E-state index in [4.69, 9.17) is 16.3 Å². The fourth-order valence-electron chi connectivity index (χ4n) is 3.13. The van der Waals surface area contributed by atoms with Gasteiger partial charge in [-0.3, -0.25) is 4.79 Å². The van der Waals surface area contributed by atoms with Gasteiger partial charge in [0.1, 0.15) is 5.75 Å². The van der Waals surface area contributed by atoms with E-state index in [-0.39, 0.29) is 17.3 Å². The summed E-state index contributed by atoms with van der Waals surface area (Å²) >= 11 is 6.14. The quantitative estimate of drug-likeness (QED) is 0.522. The summed E-state index contributed by atoms with van der Waals surface area (Å²) in [7, 11) is -0.710. The highest BCUT2D eigenvalue weighted by molar-refractivity contribution is 7.89. The number of hydrogen-bond acceptors (Lipinski definition) is 4. The molecule has 0 heterocycles. The van der Waals surface area contributed by atoms with Gasteiger partial charge in [0, 0.05) is 35.4 Å². The number of halogens is 1. The smallest absolute Gasteiger partial charge is 0.255 e. The van der Waals surface area contributed by atoms with Crippen LogP contribution in [-0.2, 0) is 16.6 Å². The average molecular weight is 473 g/mol. The second-order valence-electron chi connectivity index (χ2n) is 7.52. The van der Waals surface area contributed by atoms with E-state index >= 15 is 0 Å². The van der Waals surface area contributed by atoms with Crippen LogP contribution in [0.15, 0.2) is 65.6 Å². The van der Waals surface area contributed by atoms with E-state index in [1.54, 1.807) is 54.6 Å². The predicted molar refractivity (Wildman–Crippen MR) is 127 cm³/mol. The van der Waals surface area contributed by atoms with E-state index in [1.165, 1.54) is 18.5 Å².